The van der Waals surface area contributed by atoms with Crippen molar-refractivity contribution in [1.82, 2.24) is 9.97 Å². The maximum atomic E-state index is 14.1. The Balaban J connectivity index is 2.03. The van der Waals surface area contributed by atoms with Crippen LogP contribution in [0, 0.1) is 12.7 Å². The summed E-state index contributed by atoms with van der Waals surface area (Å²) in [5.41, 5.74) is -4.02. The van der Waals surface area contributed by atoms with E-state index in [4.69, 9.17) is 16.3 Å². The van der Waals surface area contributed by atoms with Crippen LogP contribution in [0.5, 0.6) is 5.75 Å². The van der Waals surface area contributed by atoms with Crippen LogP contribution in [-0.2, 0) is 5.41 Å². The smallest absolute Gasteiger partial charge is 0.422 e. The van der Waals surface area contributed by atoms with E-state index < -0.39 is 29.4 Å². The third-order valence-corrected chi connectivity index (χ3v) is 5.66. The van der Waals surface area contributed by atoms with Gasteiger partial charge in [0.25, 0.3) is 0 Å². The van der Waals surface area contributed by atoms with Crippen molar-refractivity contribution in [1.29, 1.82) is 0 Å². The number of hydrogen-bond acceptors (Lipinski definition) is 5. The van der Waals surface area contributed by atoms with Gasteiger partial charge in [0.05, 0.1) is 17.8 Å². The zero-order valence-corrected chi connectivity index (χ0v) is 19.1. The summed E-state index contributed by atoms with van der Waals surface area (Å²) in [6.07, 6.45) is -4.06. The van der Waals surface area contributed by atoms with Crippen molar-refractivity contribution in [2.24, 2.45) is 4.99 Å². The summed E-state index contributed by atoms with van der Waals surface area (Å²) in [6, 6.07) is 6.89. The van der Waals surface area contributed by atoms with Crippen molar-refractivity contribution in [2.45, 2.75) is 44.4 Å². The maximum Gasteiger partial charge on any atom is 0.422 e. The second kappa shape index (κ2) is 8.87. The maximum absolute atomic E-state index is 14.1. The minimum atomic E-state index is -5.03. The summed E-state index contributed by atoms with van der Waals surface area (Å²) < 4.78 is 61.3. The van der Waals surface area contributed by atoms with Crippen molar-refractivity contribution in [2.75, 3.05) is 7.11 Å². The number of aromatic nitrogens is 2. The standard InChI is InChI=1S/C23H22ClF4N3O2/c1-13-29-10-15-18(8-7-17(25)20(15)31-13)30-12-22(32,23(26,27)28)11-21(2,3)14-5-6-16(24)19(9-14)33-4/h5-10,12,32H,11H2,1-4H3/b30-12+. The van der Waals surface area contributed by atoms with E-state index in [1.54, 1.807) is 26.8 Å². The van der Waals surface area contributed by atoms with E-state index >= 15 is 0 Å². The lowest BCUT2D eigenvalue weighted by atomic mass is 9.75. The van der Waals surface area contributed by atoms with Gasteiger partial charge in [-0.25, -0.2) is 14.4 Å². The Hall–Kier alpha value is -2.78. The van der Waals surface area contributed by atoms with Crippen LogP contribution in [0.15, 0.2) is 41.5 Å². The number of alkyl halides is 3. The molecule has 1 aromatic heterocycles. The predicted molar refractivity (Wildman–Crippen MR) is 119 cm³/mol. The highest BCUT2D eigenvalue weighted by atomic mass is 35.5. The van der Waals surface area contributed by atoms with Crippen LogP contribution >= 0.6 is 11.6 Å². The number of aryl methyl sites for hydroxylation is 1. The van der Waals surface area contributed by atoms with Crippen LogP contribution in [0.3, 0.4) is 0 Å². The van der Waals surface area contributed by atoms with Crippen molar-refractivity contribution in [3.63, 3.8) is 0 Å². The monoisotopic (exact) mass is 483 g/mol. The summed E-state index contributed by atoms with van der Waals surface area (Å²) in [7, 11) is 1.40. The normalized spacial score (nSPS) is 14.6. The Labute approximate surface area is 193 Å². The first-order valence-corrected chi connectivity index (χ1v) is 10.3. The Morgan fingerprint density at radius 3 is 2.52 bits per heavy atom. The van der Waals surface area contributed by atoms with Crippen LogP contribution in [0.1, 0.15) is 31.7 Å². The number of halogens is 5. The number of rotatable bonds is 6. The number of ether oxygens (including phenoxy) is 1. The predicted octanol–water partition coefficient (Wildman–Crippen LogP) is 6.10. The molecule has 0 aliphatic rings. The summed E-state index contributed by atoms with van der Waals surface area (Å²) in [5, 5.41) is 11.2. The van der Waals surface area contributed by atoms with Crippen LogP contribution in [0.4, 0.5) is 23.2 Å². The molecule has 3 rings (SSSR count). The van der Waals surface area contributed by atoms with E-state index in [2.05, 4.69) is 15.0 Å². The lowest BCUT2D eigenvalue weighted by Gasteiger charge is -2.35. The Morgan fingerprint density at radius 2 is 1.88 bits per heavy atom. The molecule has 176 valence electrons. The van der Waals surface area contributed by atoms with E-state index in [-0.39, 0.29) is 16.6 Å². The molecule has 0 saturated heterocycles. The van der Waals surface area contributed by atoms with Gasteiger partial charge in [0.15, 0.2) is 5.60 Å². The minimum absolute atomic E-state index is 0.0000401. The zero-order valence-electron chi connectivity index (χ0n) is 18.3. The van der Waals surface area contributed by atoms with Gasteiger partial charge in [-0.15, -0.1) is 0 Å². The first-order chi connectivity index (χ1) is 15.3. The molecule has 0 saturated carbocycles. The number of aliphatic hydroxyl groups is 1. The largest absolute Gasteiger partial charge is 0.495 e. The first-order valence-electron chi connectivity index (χ1n) is 9.87. The van der Waals surface area contributed by atoms with Gasteiger partial charge >= 0.3 is 6.18 Å². The van der Waals surface area contributed by atoms with E-state index in [9.17, 15) is 22.7 Å². The lowest BCUT2D eigenvalue weighted by molar-refractivity contribution is -0.234. The van der Waals surface area contributed by atoms with Crippen LogP contribution in [0.2, 0.25) is 5.02 Å². The number of fused-ring (bicyclic) bond motifs is 1. The molecule has 1 heterocycles. The van der Waals surface area contributed by atoms with Gasteiger partial charge in [-0.05, 0) is 48.6 Å². The van der Waals surface area contributed by atoms with Crippen molar-refractivity contribution in [3.8, 4) is 5.75 Å². The molecule has 3 aromatic rings. The van der Waals surface area contributed by atoms with Crippen LogP contribution < -0.4 is 4.74 Å². The summed E-state index contributed by atoms with van der Waals surface area (Å²) >= 11 is 6.03. The van der Waals surface area contributed by atoms with Gasteiger partial charge in [-0.3, -0.25) is 4.99 Å². The number of benzene rings is 2. The van der Waals surface area contributed by atoms with E-state index in [1.807, 2.05) is 0 Å². The van der Waals surface area contributed by atoms with Gasteiger partial charge in [-0.1, -0.05) is 31.5 Å². The third kappa shape index (κ3) is 5.09. The lowest BCUT2D eigenvalue weighted by Crippen LogP contribution is -2.50. The molecule has 0 aliphatic carbocycles. The van der Waals surface area contributed by atoms with Gasteiger partial charge in [0, 0.05) is 17.8 Å². The highest BCUT2D eigenvalue weighted by Gasteiger charge is 2.55. The molecule has 0 radical (unpaired) electrons. The number of methoxy groups -OCH3 is 1. The average molecular weight is 484 g/mol. The Kier molecular flexibility index (Phi) is 6.68. The molecule has 1 N–H and O–H groups in total. The topological polar surface area (TPSA) is 67.6 Å². The molecule has 0 amide bonds. The van der Waals surface area contributed by atoms with E-state index in [0.29, 0.717) is 28.4 Å². The molecule has 1 unspecified atom stereocenters. The Bertz CT molecular complexity index is 1210. The van der Waals surface area contributed by atoms with Gasteiger partial charge < -0.3 is 9.84 Å². The molecular weight excluding hydrogens is 462 g/mol. The van der Waals surface area contributed by atoms with E-state index in [0.717, 1.165) is 6.07 Å². The first kappa shape index (κ1) is 24.9. The van der Waals surface area contributed by atoms with E-state index in [1.165, 1.54) is 31.5 Å². The molecule has 2 aromatic carbocycles. The molecule has 5 nitrogen and oxygen atoms in total. The van der Waals surface area contributed by atoms with Crippen molar-refractivity contribution >= 4 is 34.4 Å². The summed E-state index contributed by atoms with van der Waals surface area (Å²) in [6.45, 7) is 4.68. The fraction of sp³-hybridized carbons (Fsp3) is 0.348. The molecule has 0 aliphatic heterocycles. The van der Waals surface area contributed by atoms with Gasteiger partial charge in [-0.2, -0.15) is 13.2 Å². The second-order valence-corrected chi connectivity index (χ2v) is 8.74. The number of aliphatic imine (C=N–C) groups is 1. The minimum Gasteiger partial charge on any atom is -0.495 e. The average Bonchev–Trinajstić information content (AvgIpc) is 2.72. The highest BCUT2D eigenvalue weighted by Crippen LogP contribution is 2.42. The highest BCUT2D eigenvalue weighted by molar-refractivity contribution is 6.32. The third-order valence-electron chi connectivity index (χ3n) is 5.35. The van der Waals surface area contributed by atoms with Crippen molar-refractivity contribution in [3.05, 3.63) is 58.8 Å². The summed E-state index contributed by atoms with van der Waals surface area (Å²) in [4.78, 5) is 11.8. The second-order valence-electron chi connectivity index (χ2n) is 8.34. The molecule has 0 spiro atoms. The quantitative estimate of drug-likeness (QED) is 0.339. The van der Waals surface area contributed by atoms with Crippen molar-refractivity contribution < 1.29 is 27.4 Å². The fourth-order valence-electron chi connectivity index (χ4n) is 3.52. The van der Waals surface area contributed by atoms with Crippen LogP contribution in [-0.4, -0.2) is 40.2 Å². The number of hydrogen-bond donors (Lipinski definition) is 1. The molecular formula is C23H22ClF4N3O2. The number of nitrogens with zero attached hydrogens (tertiary/aromatic N) is 3. The Morgan fingerprint density at radius 1 is 1.18 bits per heavy atom. The molecule has 0 fully saturated rings. The fourth-order valence-corrected chi connectivity index (χ4v) is 3.72. The zero-order chi connectivity index (χ0) is 24.6. The van der Waals surface area contributed by atoms with Gasteiger partial charge in [0.1, 0.15) is 22.9 Å². The SMILES string of the molecule is COc1cc(C(C)(C)CC(O)(/C=N/c2ccc(F)c3nc(C)ncc23)C(F)(F)F)ccc1Cl. The van der Waals surface area contributed by atoms with Gasteiger partial charge in [0.2, 0.25) is 0 Å². The molecule has 1 atom stereocenters. The van der Waals surface area contributed by atoms with Crippen LogP contribution in [0.25, 0.3) is 10.9 Å². The molecule has 33 heavy (non-hydrogen) atoms. The molecule has 0 bridgehead atoms. The summed E-state index contributed by atoms with van der Waals surface area (Å²) in [5.74, 6) is -0.0487. The molecule has 10 heteroatoms.